The zero-order chi connectivity index (χ0) is 47.7. The van der Waals surface area contributed by atoms with Crippen LogP contribution >= 0.6 is 0 Å². The fourth-order valence-corrected chi connectivity index (χ4v) is 8.84. The van der Waals surface area contributed by atoms with Gasteiger partial charge >= 0.3 is 0 Å². The number of hydrogen-bond donors (Lipinski definition) is 3. The number of rotatable bonds is 53. The van der Waals surface area contributed by atoms with Crippen LogP contribution in [0, 0.1) is 0 Å². The molecule has 0 rings (SSSR count). The maximum atomic E-state index is 12.5. The van der Waals surface area contributed by atoms with Crippen LogP contribution in [-0.2, 0) is 4.79 Å². The van der Waals surface area contributed by atoms with Crippen molar-refractivity contribution in [2.24, 2.45) is 0 Å². The molecule has 3 N–H and O–H groups in total. The summed E-state index contributed by atoms with van der Waals surface area (Å²) >= 11 is 0. The second-order valence-corrected chi connectivity index (χ2v) is 19.7. The number of aliphatic hydroxyl groups excluding tert-OH is 2. The number of aliphatic hydroxyl groups is 2. The van der Waals surface area contributed by atoms with Crippen molar-refractivity contribution in [1.82, 2.24) is 5.32 Å². The Hall–Kier alpha value is -2.17. The van der Waals surface area contributed by atoms with Crippen molar-refractivity contribution in [1.29, 1.82) is 0 Å². The Balaban J connectivity index is 3.47. The van der Waals surface area contributed by atoms with E-state index in [1.807, 2.05) is 0 Å². The van der Waals surface area contributed by atoms with Gasteiger partial charge in [-0.2, -0.15) is 0 Å². The molecule has 1 amide bonds. The molecule has 0 aliphatic carbocycles. The molecule has 0 fully saturated rings. The number of allylic oxidation sites excluding steroid dienone is 12. The lowest BCUT2D eigenvalue weighted by Crippen LogP contribution is -2.45. The average molecular weight is 921 g/mol. The molecule has 0 bridgehead atoms. The van der Waals surface area contributed by atoms with E-state index < -0.39 is 12.1 Å². The first-order chi connectivity index (χ1) is 32.7. The summed E-state index contributed by atoms with van der Waals surface area (Å²) in [5.74, 6) is -0.0295. The van der Waals surface area contributed by atoms with E-state index in [9.17, 15) is 15.0 Å². The molecule has 4 nitrogen and oxygen atoms in total. The monoisotopic (exact) mass is 920 g/mol. The molecule has 0 aromatic carbocycles. The highest BCUT2D eigenvalue weighted by atomic mass is 16.3. The summed E-state index contributed by atoms with van der Waals surface area (Å²) in [5.41, 5.74) is 0. The van der Waals surface area contributed by atoms with Gasteiger partial charge in [0.1, 0.15) is 0 Å². The van der Waals surface area contributed by atoms with Crippen LogP contribution in [-0.4, -0.2) is 34.9 Å². The predicted octanol–water partition coefficient (Wildman–Crippen LogP) is 19.4. The number of carbonyl (C=O) groups excluding carboxylic acids is 1. The quantitative estimate of drug-likeness (QED) is 0.0421. The molecule has 0 radical (unpaired) electrons. The maximum absolute atomic E-state index is 12.5. The van der Waals surface area contributed by atoms with Crippen LogP contribution in [0.3, 0.4) is 0 Å². The van der Waals surface area contributed by atoms with Gasteiger partial charge in [0.25, 0.3) is 0 Å². The van der Waals surface area contributed by atoms with Gasteiger partial charge in [-0.1, -0.05) is 299 Å². The number of hydrogen-bond acceptors (Lipinski definition) is 3. The van der Waals surface area contributed by atoms with Crippen LogP contribution in [0.4, 0.5) is 0 Å². The molecular weight excluding hydrogens is 807 g/mol. The highest BCUT2D eigenvalue weighted by molar-refractivity contribution is 5.76. The van der Waals surface area contributed by atoms with Crippen LogP contribution in [0.25, 0.3) is 0 Å². The fourth-order valence-electron chi connectivity index (χ4n) is 8.84. The minimum Gasteiger partial charge on any atom is -0.394 e. The molecule has 0 saturated heterocycles. The Kier molecular flexibility index (Phi) is 55.3. The molecule has 0 saturated carbocycles. The van der Waals surface area contributed by atoms with Crippen molar-refractivity contribution in [3.05, 3.63) is 72.9 Å². The van der Waals surface area contributed by atoms with E-state index in [1.54, 1.807) is 0 Å². The summed E-state index contributed by atoms with van der Waals surface area (Å²) < 4.78 is 0. The summed E-state index contributed by atoms with van der Waals surface area (Å²) in [6, 6.07) is -0.539. The normalized spacial score (nSPS) is 13.3. The Labute approximate surface area is 412 Å². The average Bonchev–Trinajstić information content (AvgIpc) is 3.32. The lowest BCUT2D eigenvalue weighted by atomic mass is 10.0. The highest BCUT2D eigenvalue weighted by Crippen LogP contribution is 2.17. The third-order valence-electron chi connectivity index (χ3n) is 13.2. The van der Waals surface area contributed by atoms with Crippen LogP contribution in [0.2, 0.25) is 0 Å². The van der Waals surface area contributed by atoms with Gasteiger partial charge in [0.2, 0.25) is 5.91 Å². The van der Waals surface area contributed by atoms with Crippen LogP contribution in [0.5, 0.6) is 0 Å². The second kappa shape index (κ2) is 57.1. The van der Waals surface area contributed by atoms with E-state index in [4.69, 9.17) is 0 Å². The second-order valence-electron chi connectivity index (χ2n) is 19.7. The van der Waals surface area contributed by atoms with Crippen molar-refractivity contribution in [3.8, 4) is 0 Å². The number of carbonyl (C=O) groups is 1. The predicted molar refractivity (Wildman–Crippen MR) is 294 cm³/mol. The van der Waals surface area contributed by atoms with Gasteiger partial charge in [0.05, 0.1) is 18.8 Å². The summed E-state index contributed by atoms with van der Waals surface area (Å²) in [4.78, 5) is 12.5. The number of nitrogens with one attached hydrogen (secondary N) is 1. The first kappa shape index (κ1) is 63.8. The topological polar surface area (TPSA) is 69.6 Å². The van der Waals surface area contributed by atoms with Gasteiger partial charge in [-0.3, -0.25) is 4.79 Å². The Morgan fingerprint density at radius 2 is 0.667 bits per heavy atom. The molecule has 0 spiro atoms. The first-order valence-electron chi connectivity index (χ1n) is 29.1. The van der Waals surface area contributed by atoms with E-state index in [0.717, 1.165) is 64.2 Å². The molecule has 0 heterocycles. The first-order valence-corrected chi connectivity index (χ1v) is 29.1. The SMILES string of the molecule is CC/C=C\C/C=C\C/C=C\C/C=C\C/C=C\C/C=C\CCCCCCCCCCCCCCCCCCC(=O)NC(CO)C(O)CCCCCCCCCCCCCCCCCCCCC. The van der Waals surface area contributed by atoms with E-state index in [1.165, 1.54) is 205 Å². The van der Waals surface area contributed by atoms with E-state index in [2.05, 4.69) is 92.1 Å². The molecule has 2 unspecified atom stereocenters. The van der Waals surface area contributed by atoms with Gasteiger partial charge in [0.15, 0.2) is 0 Å². The van der Waals surface area contributed by atoms with Crippen molar-refractivity contribution in [3.63, 3.8) is 0 Å². The zero-order valence-corrected chi connectivity index (χ0v) is 44.2. The third kappa shape index (κ3) is 52.8. The fraction of sp³-hybridized carbons (Fsp3) is 0.790. The minimum absolute atomic E-state index is 0.0295. The van der Waals surface area contributed by atoms with E-state index in [-0.39, 0.29) is 12.5 Å². The summed E-state index contributed by atoms with van der Waals surface area (Å²) in [7, 11) is 0. The largest absolute Gasteiger partial charge is 0.394 e. The smallest absolute Gasteiger partial charge is 0.220 e. The molecule has 0 aliphatic heterocycles. The standard InChI is InChI=1S/C62H113NO3/c1-3-5-7-9-11-13-15-17-19-21-23-24-25-26-27-28-29-30-31-32-33-34-35-36-37-38-40-42-44-46-48-50-52-54-56-58-62(66)63-60(59-64)61(65)57-55-53-51-49-47-45-43-41-39-22-20-18-16-14-12-10-8-6-4-2/h5,7,11,13,17,19,23-24,26-27,29-30,60-61,64-65H,3-4,6,8-10,12,14-16,18,20-22,25,28,31-59H2,1-2H3,(H,63,66)/b7-5-,13-11-,19-17-,24-23-,27-26-,30-29-. The molecule has 66 heavy (non-hydrogen) atoms. The van der Waals surface area contributed by atoms with Gasteiger partial charge in [-0.05, 0) is 64.2 Å². The van der Waals surface area contributed by atoms with Crippen LogP contribution in [0.1, 0.15) is 296 Å². The Bertz CT molecular complexity index is 1130. The molecule has 0 aliphatic rings. The number of unbranched alkanes of at least 4 members (excludes halogenated alkanes) is 34. The van der Waals surface area contributed by atoms with Crippen molar-refractivity contribution >= 4 is 5.91 Å². The molecule has 2 atom stereocenters. The molecule has 0 aromatic rings. The molecule has 384 valence electrons. The van der Waals surface area contributed by atoms with Crippen LogP contribution in [0.15, 0.2) is 72.9 Å². The summed E-state index contributed by atoms with van der Waals surface area (Å²) in [6.07, 6.45) is 81.8. The van der Waals surface area contributed by atoms with Gasteiger partial charge < -0.3 is 15.5 Å². The van der Waals surface area contributed by atoms with Gasteiger partial charge in [-0.25, -0.2) is 0 Å². The third-order valence-corrected chi connectivity index (χ3v) is 13.2. The Morgan fingerprint density at radius 1 is 0.379 bits per heavy atom. The maximum Gasteiger partial charge on any atom is 0.220 e. The molecule has 4 heteroatoms. The lowest BCUT2D eigenvalue weighted by Gasteiger charge is -2.22. The Morgan fingerprint density at radius 3 is 1.00 bits per heavy atom. The molecular formula is C62H113NO3. The van der Waals surface area contributed by atoms with E-state index >= 15 is 0 Å². The van der Waals surface area contributed by atoms with E-state index in [0.29, 0.717) is 12.8 Å². The highest BCUT2D eigenvalue weighted by Gasteiger charge is 2.20. The lowest BCUT2D eigenvalue weighted by molar-refractivity contribution is -0.123. The van der Waals surface area contributed by atoms with Crippen molar-refractivity contribution in [2.45, 2.75) is 309 Å². The van der Waals surface area contributed by atoms with Gasteiger partial charge in [0, 0.05) is 6.42 Å². The van der Waals surface area contributed by atoms with Gasteiger partial charge in [-0.15, -0.1) is 0 Å². The summed E-state index contributed by atoms with van der Waals surface area (Å²) in [5, 5.41) is 23.3. The summed E-state index contributed by atoms with van der Waals surface area (Å²) in [6.45, 7) is 4.27. The van der Waals surface area contributed by atoms with Crippen molar-refractivity contribution < 1.29 is 15.0 Å². The zero-order valence-electron chi connectivity index (χ0n) is 44.2. The van der Waals surface area contributed by atoms with Crippen molar-refractivity contribution in [2.75, 3.05) is 6.61 Å². The minimum atomic E-state index is -0.662. The van der Waals surface area contributed by atoms with Crippen LogP contribution < -0.4 is 5.32 Å². The molecule has 0 aromatic heterocycles. The number of amides is 1.